The molecule has 0 fully saturated rings. The van der Waals surface area contributed by atoms with Crippen molar-refractivity contribution in [3.8, 4) is 5.75 Å². The van der Waals surface area contributed by atoms with Crippen molar-refractivity contribution in [2.45, 2.75) is 38.3 Å². The predicted octanol–water partition coefficient (Wildman–Crippen LogP) is 4.80. The van der Waals surface area contributed by atoms with Gasteiger partial charge in [-0.1, -0.05) is 6.92 Å². The maximum Gasteiger partial charge on any atom is 0.412 e. The fourth-order valence-electron chi connectivity index (χ4n) is 2.28. The number of anilines is 2. The van der Waals surface area contributed by atoms with Crippen molar-refractivity contribution < 1.29 is 19.1 Å². The van der Waals surface area contributed by atoms with E-state index in [0.29, 0.717) is 22.7 Å². The van der Waals surface area contributed by atoms with Gasteiger partial charge < -0.3 is 14.8 Å². The van der Waals surface area contributed by atoms with Gasteiger partial charge in [0.15, 0.2) is 0 Å². The molecule has 8 heteroatoms. The Labute approximate surface area is 169 Å². The van der Waals surface area contributed by atoms with Crippen LogP contribution in [0.3, 0.4) is 0 Å². The van der Waals surface area contributed by atoms with Crippen molar-refractivity contribution in [2.75, 3.05) is 23.5 Å². The van der Waals surface area contributed by atoms with Crippen LogP contribution in [0, 0.1) is 0 Å². The summed E-state index contributed by atoms with van der Waals surface area (Å²) in [6.07, 6.45) is 1.00. The fourth-order valence-corrected chi connectivity index (χ4v) is 2.92. The van der Waals surface area contributed by atoms with Crippen LogP contribution < -0.4 is 15.4 Å². The van der Waals surface area contributed by atoms with E-state index in [1.807, 2.05) is 6.92 Å². The highest BCUT2D eigenvalue weighted by Gasteiger charge is 2.18. The minimum atomic E-state index is -0.626. The van der Waals surface area contributed by atoms with Crippen LogP contribution in [0.5, 0.6) is 5.75 Å². The number of hydrogen-bond acceptors (Lipinski definition) is 6. The van der Waals surface area contributed by atoms with E-state index in [-0.39, 0.29) is 5.91 Å². The van der Waals surface area contributed by atoms with E-state index < -0.39 is 11.7 Å². The molecule has 1 heterocycles. The summed E-state index contributed by atoms with van der Waals surface area (Å²) in [5.41, 5.74) is 0.784. The second-order valence-electron chi connectivity index (χ2n) is 6.81. The number of pyridine rings is 1. The number of methoxy groups -OCH3 is 1. The molecule has 0 bridgehead atoms. The van der Waals surface area contributed by atoms with Gasteiger partial charge in [0.05, 0.1) is 17.8 Å². The normalized spacial score (nSPS) is 10.9. The molecule has 0 aliphatic carbocycles. The van der Waals surface area contributed by atoms with Gasteiger partial charge in [-0.3, -0.25) is 10.1 Å². The smallest absolute Gasteiger partial charge is 0.412 e. The van der Waals surface area contributed by atoms with Crippen molar-refractivity contribution in [3.63, 3.8) is 0 Å². The molecular weight excluding hydrogens is 378 g/mol. The third-order valence-electron chi connectivity index (χ3n) is 3.38. The molecule has 0 atom stereocenters. The van der Waals surface area contributed by atoms with Crippen LogP contribution in [0.4, 0.5) is 16.2 Å². The van der Waals surface area contributed by atoms with Crippen molar-refractivity contribution in [2.24, 2.45) is 0 Å². The van der Waals surface area contributed by atoms with Gasteiger partial charge in [-0.05, 0) is 56.9 Å². The first-order valence-corrected chi connectivity index (χ1v) is 9.78. The Kier molecular flexibility index (Phi) is 7.28. The highest BCUT2D eigenvalue weighted by atomic mass is 32.2. The third-order valence-corrected chi connectivity index (χ3v) is 4.19. The van der Waals surface area contributed by atoms with Crippen LogP contribution in [-0.4, -0.2) is 35.4 Å². The van der Waals surface area contributed by atoms with Crippen LogP contribution in [-0.2, 0) is 4.74 Å². The van der Waals surface area contributed by atoms with E-state index in [9.17, 15) is 9.59 Å². The average Bonchev–Trinajstić information content (AvgIpc) is 2.61. The molecule has 0 unspecified atom stereocenters. The monoisotopic (exact) mass is 403 g/mol. The lowest BCUT2D eigenvalue weighted by Crippen LogP contribution is -2.27. The van der Waals surface area contributed by atoms with E-state index in [2.05, 4.69) is 15.6 Å². The molecule has 2 N–H and O–H groups in total. The van der Waals surface area contributed by atoms with Crippen LogP contribution in [0.15, 0.2) is 41.6 Å². The first-order chi connectivity index (χ1) is 13.2. The minimum Gasteiger partial charge on any atom is -0.495 e. The lowest BCUT2D eigenvalue weighted by Gasteiger charge is -2.20. The van der Waals surface area contributed by atoms with Crippen LogP contribution >= 0.6 is 11.8 Å². The zero-order chi connectivity index (χ0) is 20.7. The van der Waals surface area contributed by atoms with Crippen molar-refractivity contribution in [3.05, 3.63) is 42.1 Å². The maximum atomic E-state index is 12.6. The molecule has 28 heavy (non-hydrogen) atoms. The maximum absolute atomic E-state index is 12.6. The number of ether oxygens (including phenoxy) is 2. The Morgan fingerprint density at radius 2 is 1.89 bits per heavy atom. The van der Waals surface area contributed by atoms with Gasteiger partial charge in [-0.25, -0.2) is 9.78 Å². The average molecular weight is 404 g/mol. The van der Waals surface area contributed by atoms with E-state index in [0.717, 1.165) is 10.8 Å². The molecule has 0 saturated heterocycles. The highest BCUT2D eigenvalue weighted by molar-refractivity contribution is 7.99. The van der Waals surface area contributed by atoms with E-state index >= 15 is 0 Å². The van der Waals surface area contributed by atoms with Gasteiger partial charge in [0.1, 0.15) is 11.4 Å². The fraction of sp³-hybridized carbons (Fsp3) is 0.350. The molecule has 0 saturated carbocycles. The molecule has 2 rings (SSSR count). The number of hydrogen-bond donors (Lipinski definition) is 2. The summed E-state index contributed by atoms with van der Waals surface area (Å²) in [4.78, 5) is 28.8. The lowest BCUT2D eigenvalue weighted by atomic mass is 10.2. The first-order valence-electron chi connectivity index (χ1n) is 8.80. The Balaban J connectivity index is 2.16. The summed E-state index contributed by atoms with van der Waals surface area (Å²) in [7, 11) is 1.50. The SMILES string of the molecule is CCSc1cc(C(=O)Nc2ccc(OC)c(NC(=O)OC(C)(C)C)c2)ccn1. The Hall–Kier alpha value is -2.74. The number of aromatic nitrogens is 1. The summed E-state index contributed by atoms with van der Waals surface area (Å²) in [5, 5.41) is 6.25. The minimum absolute atomic E-state index is 0.270. The number of amides is 2. The number of rotatable bonds is 6. The topological polar surface area (TPSA) is 89.6 Å². The molecule has 7 nitrogen and oxygen atoms in total. The summed E-state index contributed by atoms with van der Waals surface area (Å²) in [6.45, 7) is 7.36. The molecule has 1 aromatic heterocycles. The van der Waals surface area contributed by atoms with E-state index in [4.69, 9.17) is 9.47 Å². The summed E-state index contributed by atoms with van der Waals surface area (Å²) >= 11 is 1.56. The Bertz CT molecular complexity index is 850. The van der Waals surface area contributed by atoms with Gasteiger partial charge >= 0.3 is 6.09 Å². The quantitative estimate of drug-likeness (QED) is 0.673. The van der Waals surface area contributed by atoms with Crippen LogP contribution in [0.1, 0.15) is 38.1 Å². The lowest BCUT2D eigenvalue weighted by molar-refractivity contribution is 0.0635. The number of benzene rings is 1. The summed E-state index contributed by atoms with van der Waals surface area (Å²) in [6, 6.07) is 8.36. The zero-order valence-electron chi connectivity index (χ0n) is 16.7. The van der Waals surface area contributed by atoms with Gasteiger partial charge in [0.25, 0.3) is 5.91 Å². The second-order valence-corrected chi connectivity index (χ2v) is 8.10. The molecule has 2 aromatic rings. The number of carbonyl (C=O) groups excluding carboxylic acids is 2. The molecular formula is C20H25N3O4S. The first kappa shape index (κ1) is 21.6. The Morgan fingerprint density at radius 1 is 1.14 bits per heavy atom. The van der Waals surface area contributed by atoms with Gasteiger partial charge in [0, 0.05) is 17.4 Å². The van der Waals surface area contributed by atoms with Gasteiger partial charge in [-0.15, -0.1) is 11.8 Å². The second kappa shape index (κ2) is 9.45. The number of nitrogens with one attached hydrogen (secondary N) is 2. The number of carbonyl (C=O) groups is 2. The molecule has 0 radical (unpaired) electrons. The summed E-state index contributed by atoms with van der Waals surface area (Å²) in [5.74, 6) is 1.05. The van der Waals surface area contributed by atoms with Gasteiger partial charge in [0.2, 0.25) is 0 Å². The van der Waals surface area contributed by atoms with Crippen molar-refractivity contribution >= 4 is 35.1 Å². The van der Waals surface area contributed by atoms with Crippen molar-refractivity contribution in [1.29, 1.82) is 0 Å². The molecule has 0 aliphatic heterocycles. The third kappa shape index (κ3) is 6.45. The van der Waals surface area contributed by atoms with Crippen LogP contribution in [0.2, 0.25) is 0 Å². The standard InChI is InChI=1S/C20H25N3O4S/c1-6-28-17-11-13(9-10-21-17)18(24)22-14-7-8-16(26-5)15(12-14)23-19(25)27-20(2,3)4/h7-12H,6H2,1-5H3,(H,22,24)(H,23,25). The van der Waals surface area contributed by atoms with Gasteiger partial charge in [-0.2, -0.15) is 0 Å². The summed E-state index contributed by atoms with van der Waals surface area (Å²) < 4.78 is 10.5. The molecule has 0 aliphatic rings. The number of nitrogens with zero attached hydrogens (tertiary/aromatic N) is 1. The molecule has 150 valence electrons. The van der Waals surface area contributed by atoms with Crippen LogP contribution in [0.25, 0.3) is 0 Å². The van der Waals surface area contributed by atoms with E-state index in [1.165, 1.54) is 7.11 Å². The molecule has 1 aromatic carbocycles. The molecule has 0 spiro atoms. The van der Waals surface area contributed by atoms with Crippen molar-refractivity contribution in [1.82, 2.24) is 4.98 Å². The zero-order valence-corrected chi connectivity index (χ0v) is 17.5. The largest absolute Gasteiger partial charge is 0.495 e. The molecule has 2 amide bonds. The number of thioether (sulfide) groups is 1. The highest BCUT2D eigenvalue weighted by Crippen LogP contribution is 2.29. The van der Waals surface area contributed by atoms with E-state index in [1.54, 1.807) is 69.1 Å². The Morgan fingerprint density at radius 3 is 2.54 bits per heavy atom. The predicted molar refractivity (Wildman–Crippen MR) is 111 cm³/mol.